The smallest absolute Gasteiger partial charge is 0.128 e. The van der Waals surface area contributed by atoms with Crippen LogP contribution in [0.1, 0.15) is 18.9 Å². The van der Waals surface area contributed by atoms with Gasteiger partial charge in [-0.25, -0.2) is 0 Å². The maximum Gasteiger partial charge on any atom is 0.128 e. The first kappa shape index (κ1) is 18.6. The van der Waals surface area contributed by atoms with Gasteiger partial charge in [0.1, 0.15) is 11.6 Å². The minimum atomic E-state index is 0. The Morgan fingerprint density at radius 3 is 2.38 bits per heavy atom. The fourth-order valence-corrected chi connectivity index (χ4v) is 3.02. The van der Waals surface area contributed by atoms with E-state index >= 15 is 0 Å². The van der Waals surface area contributed by atoms with Crippen molar-refractivity contribution in [1.29, 1.82) is 5.41 Å². The average Bonchev–Trinajstić information content (AvgIpc) is 2.59. The van der Waals surface area contributed by atoms with Crippen LogP contribution in [0.4, 0.5) is 0 Å². The van der Waals surface area contributed by atoms with E-state index in [0.717, 1.165) is 61.3 Å². The molecule has 130 valence electrons. The number of hydrogen-bond donors (Lipinski definition) is 1. The number of likely N-dealkylation sites (N-methyl/N-ethyl adjacent to an activating group) is 1. The molecule has 2 aromatic carbocycles. The molecule has 0 spiro atoms. The van der Waals surface area contributed by atoms with Gasteiger partial charge in [0.15, 0.2) is 0 Å². The minimum absolute atomic E-state index is 0. The lowest BCUT2D eigenvalue weighted by Gasteiger charge is -2.34. The number of ether oxygens (including phenoxy) is 1. The number of nitrogens with zero attached hydrogens (tertiary/aromatic N) is 2. The van der Waals surface area contributed by atoms with Crippen LogP contribution >= 0.6 is 12.4 Å². The molecule has 1 fully saturated rings. The number of piperazine rings is 1. The van der Waals surface area contributed by atoms with E-state index in [0.29, 0.717) is 5.84 Å². The van der Waals surface area contributed by atoms with E-state index in [1.165, 1.54) is 0 Å². The maximum absolute atomic E-state index is 8.65. The second-order valence-electron chi connectivity index (χ2n) is 6.14. The van der Waals surface area contributed by atoms with E-state index in [4.69, 9.17) is 10.1 Å². The van der Waals surface area contributed by atoms with Crippen molar-refractivity contribution in [3.63, 3.8) is 0 Å². The van der Waals surface area contributed by atoms with Crippen LogP contribution in [0.25, 0.3) is 10.8 Å². The lowest BCUT2D eigenvalue weighted by molar-refractivity contribution is 0.215. The Morgan fingerprint density at radius 1 is 1.04 bits per heavy atom. The van der Waals surface area contributed by atoms with Gasteiger partial charge >= 0.3 is 0 Å². The summed E-state index contributed by atoms with van der Waals surface area (Å²) < 4.78 is 5.87. The van der Waals surface area contributed by atoms with Gasteiger partial charge < -0.3 is 14.5 Å². The van der Waals surface area contributed by atoms with Crippen molar-refractivity contribution < 1.29 is 4.74 Å². The number of hydrogen-bond acceptors (Lipinski definition) is 3. The van der Waals surface area contributed by atoms with Gasteiger partial charge in [-0.3, -0.25) is 5.41 Å². The lowest BCUT2D eigenvalue weighted by Crippen LogP contribution is -2.47. The average molecular weight is 348 g/mol. The highest BCUT2D eigenvalue weighted by Crippen LogP contribution is 2.29. The predicted octanol–water partition coefficient (Wildman–Crippen LogP) is 3.62. The van der Waals surface area contributed by atoms with Crippen LogP contribution in [0.2, 0.25) is 0 Å². The highest BCUT2D eigenvalue weighted by atomic mass is 35.5. The van der Waals surface area contributed by atoms with Crippen molar-refractivity contribution in [2.24, 2.45) is 0 Å². The van der Waals surface area contributed by atoms with Crippen molar-refractivity contribution in [1.82, 2.24) is 9.80 Å². The third kappa shape index (κ3) is 3.82. The molecule has 0 amide bonds. The molecule has 0 saturated carbocycles. The zero-order valence-corrected chi connectivity index (χ0v) is 15.2. The van der Waals surface area contributed by atoms with Gasteiger partial charge in [-0.05, 0) is 31.0 Å². The van der Waals surface area contributed by atoms with Crippen molar-refractivity contribution in [3.8, 4) is 5.75 Å². The summed E-state index contributed by atoms with van der Waals surface area (Å²) in [5.74, 6) is 1.54. The van der Waals surface area contributed by atoms with E-state index in [2.05, 4.69) is 35.9 Å². The first-order valence-electron chi connectivity index (χ1n) is 8.37. The number of fused-ring (bicyclic) bond motifs is 1. The Hall–Kier alpha value is -1.78. The minimum Gasteiger partial charge on any atom is -0.493 e. The second kappa shape index (κ2) is 8.36. The quantitative estimate of drug-likeness (QED) is 0.678. The summed E-state index contributed by atoms with van der Waals surface area (Å²) in [5.41, 5.74) is 0.994. The SMILES string of the molecule is CCCOc1ccc(C(=N)N2CCN(C)CC2)c2ccccc12.Cl. The van der Waals surface area contributed by atoms with Crippen LogP contribution < -0.4 is 4.74 Å². The summed E-state index contributed by atoms with van der Waals surface area (Å²) >= 11 is 0. The number of nitrogens with one attached hydrogen (secondary N) is 1. The topological polar surface area (TPSA) is 39.6 Å². The van der Waals surface area contributed by atoms with Crippen LogP contribution in [0.3, 0.4) is 0 Å². The Morgan fingerprint density at radius 2 is 1.71 bits per heavy atom. The number of benzene rings is 2. The van der Waals surface area contributed by atoms with E-state index in [-0.39, 0.29) is 12.4 Å². The molecule has 0 aliphatic carbocycles. The van der Waals surface area contributed by atoms with E-state index in [1.54, 1.807) is 0 Å². The predicted molar refractivity (Wildman–Crippen MR) is 103 cm³/mol. The first-order valence-corrected chi connectivity index (χ1v) is 8.37. The van der Waals surface area contributed by atoms with Gasteiger partial charge in [0.2, 0.25) is 0 Å². The fourth-order valence-electron chi connectivity index (χ4n) is 3.02. The van der Waals surface area contributed by atoms with Gasteiger partial charge in [-0.1, -0.05) is 31.2 Å². The van der Waals surface area contributed by atoms with Gasteiger partial charge in [-0.2, -0.15) is 0 Å². The molecule has 4 nitrogen and oxygen atoms in total. The third-order valence-corrected chi connectivity index (χ3v) is 4.42. The Labute approximate surface area is 150 Å². The van der Waals surface area contributed by atoms with Crippen LogP contribution in [0, 0.1) is 5.41 Å². The molecule has 1 aliphatic heterocycles. The standard InChI is InChI=1S/C19H25N3O.ClH/c1-3-14-23-18-9-8-17(15-6-4-5-7-16(15)18)19(20)22-12-10-21(2)11-13-22;/h4-9,20H,3,10-14H2,1-2H3;1H. The molecule has 5 heteroatoms. The van der Waals surface area contributed by atoms with Crippen molar-refractivity contribution in [2.75, 3.05) is 39.8 Å². The monoisotopic (exact) mass is 347 g/mol. The maximum atomic E-state index is 8.65. The van der Waals surface area contributed by atoms with Crippen molar-refractivity contribution in [2.45, 2.75) is 13.3 Å². The summed E-state index contributed by atoms with van der Waals surface area (Å²) in [4.78, 5) is 4.48. The molecule has 0 bridgehead atoms. The van der Waals surface area contributed by atoms with E-state index < -0.39 is 0 Å². The molecule has 0 radical (unpaired) electrons. The van der Waals surface area contributed by atoms with E-state index in [9.17, 15) is 0 Å². The Bertz CT molecular complexity index is 696. The zero-order valence-electron chi connectivity index (χ0n) is 14.4. The van der Waals surface area contributed by atoms with Crippen LogP contribution in [0.15, 0.2) is 36.4 Å². The molecule has 1 saturated heterocycles. The summed E-state index contributed by atoms with van der Waals surface area (Å²) in [6.07, 6.45) is 0.993. The molecule has 3 rings (SSSR count). The normalized spacial score (nSPS) is 15.2. The fraction of sp³-hybridized carbons (Fsp3) is 0.421. The molecule has 1 heterocycles. The third-order valence-electron chi connectivity index (χ3n) is 4.42. The first-order chi connectivity index (χ1) is 11.2. The molecule has 24 heavy (non-hydrogen) atoms. The zero-order chi connectivity index (χ0) is 16.2. The highest BCUT2D eigenvalue weighted by Gasteiger charge is 2.19. The number of amidine groups is 1. The summed E-state index contributed by atoms with van der Waals surface area (Å²) in [5, 5.41) is 10.8. The molecular formula is C19H26ClN3O. The molecule has 2 aromatic rings. The molecule has 1 N–H and O–H groups in total. The molecule has 1 aliphatic rings. The lowest BCUT2D eigenvalue weighted by atomic mass is 10.0. The van der Waals surface area contributed by atoms with Gasteiger partial charge in [0, 0.05) is 37.1 Å². The van der Waals surface area contributed by atoms with Gasteiger partial charge in [0.05, 0.1) is 6.61 Å². The molecular weight excluding hydrogens is 322 g/mol. The van der Waals surface area contributed by atoms with Gasteiger partial charge in [-0.15, -0.1) is 12.4 Å². The molecule has 0 unspecified atom stereocenters. The Kier molecular flexibility index (Phi) is 6.46. The number of halogens is 1. The van der Waals surface area contributed by atoms with Crippen LogP contribution in [-0.2, 0) is 0 Å². The van der Waals surface area contributed by atoms with Crippen molar-refractivity contribution in [3.05, 3.63) is 42.0 Å². The van der Waals surface area contributed by atoms with Crippen LogP contribution in [0.5, 0.6) is 5.75 Å². The summed E-state index contributed by atoms with van der Waals surface area (Å²) in [6.45, 7) is 6.68. The van der Waals surface area contributed by atoms with E-state index in [1.807, 2.05) is 24.3 Å². The molecule has 0 atom stereocenters. The van der Waals surface area contributed by atoms with Crippen LogP contribution in [-0.4, -0.2) is 55.5 Å². The Balaban J connectivity index is 0.00000208. The summed E-state index contributed by atoms with van der Waals surface area (Å²) in [7, 11) is 2.14. The summed E-state index contributed by atoms with van der Waals surface area (Å²) in [6, 6.07) is 12.3. The van der Waals surface area contributed by atoms with Gasteiger partial charge in [0.25, 0.3) is 0 Å². The largest absolute Gasteiger partial charge is 0.493 e. The highest BCUT2D eigenvalue weighted by molar-refractivity contribution is 6.09. The second-order valence-corrected chi connectivity index (χ2v) is 6.14. The molecule has 0 aromatic heterocycles. The number of rotatable bonds is 4. The van der Waals surface area contributed by atoms with Crippen molar-refractivity contribution >= 4 is 29.0 Å².